The van der Waals surface area contributed by atoms with Crippen LogP contribution < -0.4 is 11.5 Å². The van der Waals surface area contributed by atoms with Crippen molar-refractivity contribution in [1.82, 2.24) is 0 Å². The first-order valence-corrected chi connectivity index (χ1v) is 7.73. The molecule has 1 aromatic rings. The molecule has 108 valence electrons. The smallest absolute Gasteiger partial charge is 0.252 e. The Morgan fingerprint density at radius 1 is 1.10 bits per heavy atom. The van der Waals surface area contributed by atoms with E-state index in [0.29, 0.717) is 35.0 Å². The minimum Gasteiger partial charge on any atom is -0.445 e. The third kappa shape index (κ3) is 1.57. The molecule has 0 aliphatic heterocycles. The molecular formula is C16H22N2O2. The molecule has 20 heavy (non-hydrogen) atoms. The third-order valence-corrected chi connectivity index (χ3v) is 5.96. The highest BCUT2D eigenvalue weighted by molar-refractivity contribution is 5.96. The van der Waals surface area contributed by atoms with Gasteiger partial charge in [0.1, 0.15) is 5.76 Å². The number of hydrogen-bond donors (Lipinski definition) is 2. The molecule has 4 bridgehead atoms. The largest absolute Gasteiger partial charge is 0.445 e. The lowest BCUT2D eigenvalue weighted by atomic mass is 9.50. The SMILES string of the molecule is Cc1oc(N)c(C2C3CC4CC(C3)CC2C4)c1C(N)=O. The lowest BCUT2D eigenvalue weighted by molar-refractivity contribution is -0.00283. The zero-order chi connectivity index (χ0) is 14.0. The second-order valence-electron chi connectivity index (χ2n) is 7.13. The molecule has 4 fully saturated rings. The molecule has 4 saturated carbocycles. The zero-order valence-electron chi connectivity index (χ0n) is 11.9. The van der Waals surface area contributed by atoms with E-state index in [0.717, 1.165) is 17.4 Å². The number of furan rings is 1. The number of anilines is 1. The number of nitrogens with two attached hydrogens (primary N) is 2. The molecule has 0 spiro atoms. The van der Waals surface area contributed by atoms with Gasteiger partial charge in [-0.15, -0.1) is 0 Å². The summed E-state index contributed by atoms with van der Waals surface area (Å²) >= 11 is 0. The molecule has 0 aromatic carbocycles. The summed E-state index contributed by atoms with van der Waals surface area (Å²) in [6, 6.07) is 0. The summed E-state index contributed by atoms with van der Waals surface area (Å²) in [4.78, 5) is 11.8. The lowest BCUT2D eigenvalue weighted by Gasteiger charge is -2.54. The van der Waals surface area contributed by atoms with Crippen LogP contribution in [0.2, 0.25) is 0 Å². The number of primary amides is 1. The molecule has 0 unspecified atom stereocenters. The fourth-order valence-electron chi connectivity index (χ4n) is 5.62. The monoisotopic (exact) mass is 274 g/mol. The maximum atomic E-state index is 11.8. The van der Waals surface area contributed by atoms with Gasteiger partial charge in [-0.2, -0.15) is 0 Å². The maximum Gasteiger partial charge on any atom is 0.252 e. The van der Waals surface area contributed by atoms with Gasteiger partial charge in [0.05, 0.1) is 5.56 Å². The van der Waals surface area contributed by atoms with Gasteiger partial charge in [0.2, 0.25) is 0 Å². The van der Waals surface area contributed by atoms with E-state index in [-0.39, 0.29) is 0 Å². The Morgan fingerprint density at radius 2 is 1.65 bits per heavy atom. The molecule has 4 aliphatic rings. The van der Waals surface area contributed by atoms with Gasteiger partial charge in [0.25, 0.3) is 5.91 Å². The number of amides is 1. The molecule has 5 rings (SSSR count). The summed E-state index contributed by atoms with van der Waals surface area (Å²) in [6.45, 7) is 1.79. The van der Waals surface area contributed by atoms with E-state index in [4.69, 9.17) is 15.9 Å². The zero-order valence-corrected chi connectivity index (χ0v) is 11.9. The van der Waals surface area contributed by atoms with Crippen LogP contribution in [-0.4, -0.2) is 5.91 Å². The summed E-state index contributed by atoms with van der Waals surface area (Å²) in [5, 5.41) is 0. The van der Waals surface area contributed by atoms with Crippen LogP contribution in [0.1, 0.15) is 59.7 Å². The summed E-state index contributed by atoms with van der Waals surface area (Å²) in [5.74, 6) is 4.15. The predicted octanol–water partition coefficient (Wildman–Crippen LogP) is 2.81. The van der Waals surface area contributed by atoms with Crippen molar-refractivity contribution in [2.75, 3.05) is 5.73 Å². The van der Waals surface area contributed by atoms with Gasteiger partial charge in [-0.3, -0.25) is 4.79 Å². The van der Waals surface area contributed by atoms with Crippen LogP contribution in [0.4, 0.5) is 5.88 Å². The summed E-state index contributed by atoms with van der Waals surface area (Å²) < 4.78 is 5.54. The van der Waals surface area contributed by atoms with Crippen molar-refractivity contribution in [2.45, 2.75) is 44.9 Å². The average Bonchev–Trinajstić information content (AvgIpc) is 2.63. The maximum absolute atomic E-state index is 11.8. The van der Waals surface area contributed by atoms with Crippen molar-refractivity contribution in [3.63, 3.8) is 0 Å². The van der Waals surface area contributed by atoms with E-state index in [1.54, 1.807) is 6.92 Å². The normalized spacial score (nSPS) is 38.4. The Bertz CT molecular complexity index is 547. The van der Waals surface area contributed by atoms with Crippen LogP contribution in [-0.2, 0) is 0 Å². The highest BCUT2D eigenvalue weighted by atomic mass is 16.4. The van der Waals surface area contributed by atoms with E-state index in [2.05, 4.69) is 0 Å². The number of nitrogen functional groups attached to an aromatic ring is 1. The Labute approximate surface area is 118 Å². The number of rotatable bonds is 2. The lowest BCUT2D eigenvalue weighted by Crippen LogP contribution is -2.44. The van der Waals surface area contributed by atoms with E-state index >= 15 is 0 Å². The van der Waals surface area contributed by atoms with Crippen molar-refractivity contribution >= 4 is 11.8 Å². The third-order valence-electron chi connectivity index (χ3n) is 5.96. The predicted molar refractivity (Wildman–Crippen MR) is 76.2 cm³/mol. The topological polar surface area (TPSA) is 82.2 Å². The number of aryl methyl sites for hydroxylation is 1. The Hall–Kier alpha value is -1.45. The highest BCUT2D eigenvalue weighted by Crippen LogP contribution is 2.61. The molecule has 1 amide bonds. The molecular weight excluding hydrogens is 252 g/mol. The molecule has 1 aromatic heterocycles. The molecule has 0 radical (unpaired) electrons. The average molecular weight is 274 g/mol. The van der Waals surface area contributed by atoms with Gasteiger partial charge in [0.15, 0.2) is 5.88 Å². The summed E-state index contributed by atoms with van der Waals surface area (Å²) in [6.07, 6.45) is 6.58. The number of carbonyl (C=O) groups is 1. The molecule has 1 heterocycles. The van der Waals surface area contributed by atoms with Crippen molar-refractivity contribution in [3.05, 3.63) is 16.9 Å². The molecule has 4 aliphatic carbocycles. The first-order chi connectivity index (χ1) is 9.54. The highest BCUT2D eigenvalue weighted by Gasteiger charge is 2.50. The van der Waals surface area contributed by atoms with Crippen LogP contribution in [0.15, 0.2) is 4.42 Å². The molecule has 4 N–H and O–H groups in total. The van der Waals surface area contributed by atoms with Crippen LogP contribution in [0.25, 0.3) is 0 Å². The van der Waals surface area contributed by atoms with Crippen LogP contribution >= 0.6 is 0 Å². The van der Waals surface area contributed by atoms with E-state index in [1.165, 1.54) is 32.1 Å². The summed E-state index contributed by atoms with van der Waals surface area (Å²) in [7, 11) is 0. The van der Waals surface area contributed by atoms with Crippen LogP contribution in [0.5, 0.6) is 0 Å². The van der Waals surface area contributed by atoms with Crippen molar-refractivity contribution in [2.24, 2.45) is 29.4 Å². The van der Waals surface area contributed by atoms with Gasteiger partial charge in [-0.1, -0.05) is 0 Å². The second-order valence-corrected chi connectivity index (χ2v) is 7.13. The van der Waals surface area contributed by atoms with Gasteiger partial charge in [-0.25, -0.2) is 0 Å². The second kappa shape index (κ2) is 4.03. The first-order valence-electron chi connectivity index (χ1n) is 7.73. The Morgan fingerprint density at radius 3 is 2.15 bits per heavy atom. The molecule has 0 saturated heterocycles. The minimum absolute atomic E-state index is 0.391. The van der Waals surface area contributed by atoms with Gasteiger partial charge < -0.3 is 15.9 Å². The van der Waals surface area contributed by atoms with Gasteiger partial charge >= 0.3 is 0 Å². The number of hydrogen-bond acceptors (Lipinski definition) is 3. The molecule has 0 atom stereocenters. The quantitative estimate of drug-likeness (QED) is 0.870. The molecule has 4 heteroatoms. The van der Waals surface area contributed by atoms with Crippen LogP contribution in [0.3, 0.4) is 0 Å². The number of carbonyl (C=O) groups excluding carboxylic acids is 1. The van der Waals surface area contributed by atoms with Crippen molar-refractivity contribution < 1.29 is 9.21 Å². The standard InChI is InChI=1S/C16H22N2O2/c1-7-12(15(17)19)14(16(18)20-7)13-10-3-8-2-9(5-10)6-11(13)4-8/h8-11,13H,2-6,18H2,1H3,(H2,17,19). The fourth-order valence-corrected chi connectivity index (χ4v) is 5.62. The van der Waals surface area contributed by atoms with Crippen LogP contribution in [0, 0.1) is 30.6 Å². The van der Waals surface area contributed by atoms with E-state index in [1.807, 2.05) is 0 Å². The Balaban J connectivity index is 1.80. The minimum atomic E-state index is -0.397. The van der Waals surface area contributed by atoms with Gasteiger partial charge in [0, 0.05) is 5.56 Å². The van der Waals surface area contributed by atoms with E-state index < -0.39 is 5.91 Å². The van der Waals surface area contributed by atoms with Crippen molar-refractivity contribution in [3.8, 4) is 0 Å². The van der Waals surface area contributed by atoms with Crippen molar-refractivity contribution in [1.29, 1.82) is 0 Å². The Kier molecular flexibility index (Phi) is 2.48. The van der Waals surface area contributed by atoms with Gasteiger partial charge in [-0.05, 0) is 68.6 Å². The fraction of sp³-hybridized carbons (Fsp3) is 0.688. The summed E-state index contributed by atoms with van der Waals surface area (Å²) in [5.41, 5.74) is 13.1. The van der Waals surface area contributed by atoms with E-state index in [9.17, 15) is 4.79 Å². The first kappa shape index (κ1) is 12.3. The molecule has 4 nitrogen and oxygen atoms in total.